The van der Waals surface area contributed by atoms with E-state index in [2.05, 4.69) is 0 Å². The fourth-order valence-corrected chi connectivity index (χ4v) is 4.23. The van der Waals surface area contributed by atoms with E-state index in [1.54, 1.807) is 18.9 Å². The number of fused-ring (bicyclic) bond motifs is 1. The number of ether oxygens (including phenoxy) is 3. The third-order valence-electron chi connectivity index (χ3n) is 5.84. The molecule has 0 radical (unpaired) electrons. The molecular formula is C23H25NO5. The zero-order valence-electron chi connectivity index (χ0n) is 16.7. The minimum atomic E-state index is -1.03. The zero-order chi connectivity index (χ0) is 20.4. The number of hydrogen-bond donors (Lipinski definition) is 0. The summed E-state index contributed by atoms with van der Waals surface area (Å²) in [6, 6.07) is 17.0. The Kier molecular flexibility index (Phi) is 5.18. The van der Waals surface area contributed by atoms with Gasteiger partial charge in [-0.3, -0.25) is 9.59 Å². The smallest absolute Gasteiger partial charge is 0.322 e. The Bertz CT molecular complexity index is 882. The molecule has 6 nitrogen and oxygen atoms in total. The largest absolute Gasteiger partial charge is 0.497 e. The van der Waals surface area contributed by atoms with Crippen molar-refractivity contribution in [3.8, 4) is 11.5 Å². The van der Waals surface area contributed by atoms with Gasteiger partial charge < -0.3 is 19.1 Å². The minimum Gasteiger partial charge on any atom is -0.497 e. The van der Waals surface area contributed by atoms with E-state index in [1.165, 1.54) is 0 Å². The van der Waals surface area contributed by atoms with Crippen LogP contribution in [0.3, 0.4) is 0 Å². The summed E-state index contributed by atoms with van der Waals surface area (Å²) in [4.78, 5) is 27.6. The number of piperidine rings is 1. The number of likely N-dealkylation sites (tertiary alicyclic amines) is 1. The molecule has 29 heavy (non-hydrogen) atoms. The number of rotatable bonds is 8. The molecule has 0 bridgehead atoms. The molecule has 1 heterocycles. The molecule has 1 amide bonds. The van der Waals surface area contributed by atoms with Gasteiger partial charge in [0.05, 0.1) is 19.8 Å². The summed E-state index contributed by atoms with van der Waals surface area (Å²) in [6.07, 6.45) is 0.534. The van der Waals surface area contributed by atoms with Crippen LogP contribution in [0.1, 0.15) is 18.9 Å². The van der Waals surface area contributed by atoms with Gasteiger partial charge >= 0.3 is 5.97 Å². The second kappa shape index (κ2) is 7.78. The SMILES string of the molecule is CCOC(=O)[C@]12C[C@H]1[C@H](COc1ccc(OC)cc1)N(Cc1ccccc1)C2=O. The molecule has 1 saturated carbocycles. The van der Waals surface area contributed by atoms with Crippen LogP contribution in [0.2, 0.25) is 0 Å². The predicted molar refractivity (Wildman–Crippen MR) is 106 cm³/mol. The molecule has 0 N–H and O–H groups in total. The molecule has 2 fully saturated rings. The van der Waals surface area contributed by atoms with Gasteiger partial charge in [0, 0.05) is 12.5 Å². The Labute approximate surface area is 170 Å². The molecule has 0 unspecified atom stereocenters. The fourth-order valence-electron chi connectivity index (χ4n) is 4.23. The first-order valence-corrected chi connectivity index (χ1v) is 9.89. The highest BCUT2D eigenvalue weighted by Crippen LogP contribution is 2.62. The molecule has 4 rings (SSSR count). The molecule has 1 saturated heterocycles. The van der Waals surface area contributed by atoms with Gasteiger partial charge in [0.1, 0.15) is 18.1 Å². The second-order valence-corrected chi connectivity index (χ2v) is 7.47. The van der Waals surface area contributed by atoms with Crippen LogP contribution in [0, 0.1) is 11.3 Å². The van der Waals surface area contributed by atoms with Crippen molar-refractivity contribution in [1.82, 2.24) is 4.90 Å². The van der Waals surface area contributed by atoms with Gasteiger partial charge in [0.15, 0.2) is 5.41 Å². The number of nitrogens with zero attached hydrogens (tertiary/aromatic N) is 1. The summed E-state index contributed by atoms with van der Waals surface area (Å²) in [5.74, 6) is 0.832. The monoisotopic (exact) mass is 395 g/mol. The van der Waals surface area contributed by atoms with Gasteiger partial charge in [-0.15, -0.1) is 0 Å². The lowest BCUT2D eigenvalue weighted by molar-refractivity contribution is -0.156. The second-order valence-electron chi connectivity index (χ2n) is 7.47. The van der Waals surface area contributed by atoms with Crippen molar-refractivity contribution in [2.75, 3.05) is 20.3 Å². The first-order chi connectivity index (χ1) is 14.1. The Morgan fingerprint density at radius 2 is 1.79 bits per heavy atom. The van der Waals surface area contributed by atoms with Crippen molar-refractivity contribution in [3.05, 3.63) is 60.2 Å². The van der Waals surface area contributed by atoms with Crippen molar-refractivity contribution in [1.29, 1.82) is 0 Å². The third kappa shape index (κ3) is 3.43. The summed E-state index contributed by atoms with van der Waals surface area (Å²) in [5, 5.41) is 0. The molecule has 2 aromatic rings. The maximum Gasteiger partial charge on any atom is 0.322 e. The van der Waals surface area contributed by atoms with Crippen molar-refractivity contribution >= 4 is 11.9 Å². The van der Waals surface area contributed by atoms with Crippen molar-refractivity contribution in [3.63, 3.8) is 0 Å². The van der Waals surface area contributed by atoms with Crippen molar-refractivity contribution in [2.24, 2.45) is 11.3 Å². The molecular weight excluding hydrogens is 370 g/mol. The minimum absolute atomic E-state index is 0.0731. The maximum atomic E-state index is 13.2. The number of hydrogen-bond acceptors (Lipinski definition) is 5. The van der Waals surface area contributed by atoms with E-state index < -0.39 is 11.4 Å². The van der Waals surface area contributed by atoms with Gasteiger partial charge in [0.25, 0.3) is 0 Å². The van der Waals surface area contributed by atoms with Gasteiger partial charge in [0.2, 0.25) is 5.91 Å². The Morgan fingerprint density at radius 3 is 2.45 bits per heavy atom. The Hall–Kier alpha value is -3.02. The normalized spacial score (nSPS) is 24.8. The van der Waals surface area contributed by atoms with Crippen LogP contribution in [-0.2, 0) is 20.9 Å². The predicted octanol–water partition coefficient (Wildman–Crippen LogP) is 3.05. The van der Waals surface area contributed by atoms with E-state index in [9.17, 15) is 9.59 Å². The van der Waals surface area contributed by atoms with Crippen LogP contribution in [0.25, 0.3) is 0 Å². The quantitative estimate of drug-likeness (QED) is 0.508. The van der Waals surface area contributed by atoms with Gasteiger partial charge in [-0.1, -0.05) is 30.3 Å². The number of esters is 1. The van der Waals surface area contributed by atoms with E-state index in [4.69, 9.17) is 14.2 Å². The molecule has 0 spiro atoms. The number of benzene rings is 2. The van der Waals surface area contributed by atoms with E-state index in [-0.39, 0.29) is 24.5 Å². The summed E-state index contributed by atoms with van der Waals surface area (Å²) in [6.45, 7) is 2.81. The van der Waals surface area contributed by atoms with Gasteiger partial charge in [-0.2, -0.15) is 0 Å². The lowest BCUT2D eigenvalue weighted by atomic mass is 10.0. The average molecular weight is 395 g/mol. The van der Waals surface area contributed by atoms with Gasteiger partial charge in [-0.25, -0.2) is 0 Å². The first kappa shape index (κ1) is 19.3. The molecule has 3 atom stereocenters. The molecule has 6 heteroatoms. The van der Waals surface area contributed by atoms with E-state index in [0.29, 0.717) is 25.3 Å². The number of amides is 1. The molecule has 1 aliphatic carbocycles. The molecule has 152 valence electrons. The maximum absolute atomic E-state index is 13.2. The summed E-state index contributed by atoms with van der Waals surface area (Å²) in [5.41, 5.74) is -0.00533. The van der Waals surface area contributed by atoms with Crippen LogP contribution in [-0.4, -0.2) is 43.1 Å². The van der Waals surface area contributed by atoms with Crippen molar-refractivity contribution in [2.45, 2.75) is 25.9 Å². The van der Waals surface area contributed by atoms with E-state index >= 15 is 0 Å². The molecule has 2 aromatic carbocycles. The van der Waals surface area contributed by atoms with Crippen LogP contribution in [0.4, 0.5) is 0 Å². The first-order valence-electron chi connectivity index (χ1n) is 9.89. The van der Waals surface area contributed by atoms with Crippen molar-refractivity contribution < 1.29 is 23.8 Å². The lowest BCUT2D eigenvalue weighted by Crippen LogP contribution is -2.42. The fraction of sp³-hybridized carbons (Fsp3) is 0.391. The van der Waals surface area contributed by atoms with Gasteiger partial charge in [-0.05, 0) is 43.2 Å². The number of carbonyl (C=O) groups excluding carboxylic acids is 2. The summed E-state index contributed by atoms with van der Waals surface area (Å²) < 4.78 is 16.4. The highest BCUT2D eigenvalue weighted by atomic mass is 16.5. The topological polar surface area (TPSA) is 65.1 Å². The highest BCUT2D eigenvalue weighted by Gasteiger charge is 2.76. The third-order valence-corrected chi connectivity index (χ3v) is 5.84. The van der Waals surface area contributed by atoms with Crippen LogP contribution in [0.15, 0.2) is 54.6 Å². The number of carbonyl (C=O) groups is 2. The zero-order valence-corrected chi connectivity index (χ0v) is 16.7. The van der Waals surface area contributed by atoms with E-state index in [1.807, 2.05) is 54.6 Å². The van der Waals surface area contributed by atoms with E-state index in [0.717, 1.165) is 11.3 Å². The van der Waals surface area contributed by atoms with Crippen LogP contribution < -0.4 is 9.47 Å². The van der Waals surface area contributed by atoms with Crippen LogP contribution >= 0.6 is 0 Å². The Morgan fingerprint density at radius 1 is 1.10 bits per heavy atom. The summed E-state index contributed by atoms with van der Waals surface area (Å²) >= 11 is 0. The standard InChI is InChI=1S/C23H25NO5/c1-3-28-22(26)23-13-19(23)20(15-29-18-11-9-17(27-2)10-12-18)24(21(23)25)14-16-7-5-4-6-8-16/h4-12,19-20H,3,13-15H2,1-2H3/t19-,20-,23+/m0/s1. The average Bonchev–Trinajstić information content (AvgIpc) is 3.46. The Balaban J connectivity index is 1.53. The summed E-state index contributed by atoms with van der Waals surface area (Å²) in [7, 11) is 1.61. The highest BCUT2D eigenvalue weighted by molar-refractivity contribution is 6.08. The molecule has 0 aromatic heterocycles. The number of methoxy groups -OCH3 is 1. The molecule has 1 aliphatic heterocycles. The lowest BCUT2D eigenvalue weighted by Gasteiger charge is -2.28. The van der Waals surface area contributed by atoms with Crippen LogP contribution in [0.5, 0.6) is 11.5 Å². The molecule has 2 aliphatic rings.